The molecule has 0 saturated heterocycles. The van der Waals surface area contributed by atoms with Crippen LogP contribution in [0.5, 0.6) is 0 Å². The van der Waals surface area contributed by atoms with Crippen LogP contribution in [0.15, 0.2) is 0 Å². The summed E-state index contributed by atoms with van der Waals surface area (Å²) >= 11 is 0. The number of hydrogen-bond acceptors (Lipinski definition) is 3. The van der Waals surface area contributed by atoms with Gasteiger partial charge in [-0.05, 0) is 13.3 Å². The number of aliphatic hydroxyl groups is 1. The van der Waals surface area contributed by atoms with E-state index in [2.05, 4.69) is 0 Å². The number of carbonyl (C=O) groups is 1. The van der Waals surface area contributed by atoms with Gasteiger partial charge in [-0.25, -0.2) is 0 Å². The zero-order valence-electron chi connectivity index (χ0n) is 7.62. The van der Waals surface area contributed by atoms with E-state index in [1.807, 2.05) is 6.92 Å². The van der Waals surface area contributed by atoms with Crippen molar-refractivity contribution in [3.8, 4) is 0 Å². The first-order chi connectivity index (χ1) is 5.76. The lowest BCUT2D eigenvalue weighted by atomic mass is 10.3. The summed E-state index contributed by atoms with van der Waals surface area (Å²) in [5.74, 6) is 0.0773. The highest BCUT2D eigenvalue weighted by Gasteiger charge is 2.08. The molecule has 0 saturated carbocycles. The third-order valence-electron chi connectivity index (χ3n) is 1.68. The highest BCUT2D eigenvalue weighted by atomic mass is 16.3. The Hall–Kier alpha value is -0.610. The molecule has 0 atom stereocenters. The van der Waals surface area contributed by atoms with Gasteiger partial charge in [0.2, 0.25) is 5.91 Å². The summed E-state index contributed by atoms with van der Waals surface area (Å²) < 4.78 is 0. The molecule has 0 fully saturated rings. The van der Waals surface area contributed by atoms with Crippen molar-refractivity contribution in [3.05, 3.63) is 0 Å². The lowest BCUT2D eigenvalue weighted by Crippen LogP contribution is -2.33. The largest absolute Gasteiger partial charge is 0.396 e. The first-order valence-electron chi connectivity index (χ1n) is 4.35. The van der Waals surface area contributed by atoms with E-state index in [0.29, 0.717) is 32.5 Å². The first-order valence-corrected chi connectivity index (χ1v) is 4.35. The van der Waals surface area contributed by atoms with Gasteiger partial charge in [0.1, 0.15) is 0 Å². The maximum absolute atomic E-state index is 11.2. The number of hydrogen-bond donors (Lipinski definition) is 2. The lowest BCUT2D eigenvalue weighted by molar-refractivity contribution is -0.130. The molecule has 12 heavy (non-hydrogen) atoms. The number of aliphatic hydroxyl groups excluding tert-OH is 1. The van der Waals surface area contributed by atoms with Gasteiger partial charge in [0.25, 0.3) is 0 Å². The first kappa shape index (κ1) is 11.4. The minimum Gasteiger partial charge on any atom is -0.396 e. The van der Waals surface area contributed by atoms with E-state index in [-0.39, 0.29) is 12.5 Å². The van der Waals surface area contributed by atoms with Crippen LogP contribution in [0, 0.1) is 0 Å². The molecule has 0 rings (SSSR count). The Balaban J connectivity index is 3.71. The molecule has 0 aliphatic carbocycles. The summed E-state index contributed by atoms with van der Waals surface area (Å²) in [6.45, 7) is 3.78. The van der Waals surface area contributed by atoms with Gasteiger partial charge in [0, 0.05) is 32.7 Å². The molecule has 72 valence electrons. The summed E-state index contributed by atoms with van der Waals surface area (Å²) in [6, 6.07) is 0. The molecule has 0 spiro atoms. The fourth-order valence-electron chi connectivity index (χ4n) is 1.00. The van der Waals surface area contributed by atoms with Gasteiger partial charge < -0.3 is 15.7 Å². The molecule has 3 N–H and O–H groups in total. The van der Waals surface area contributed by atoms with Crippen molar-refractivity contribution in [2.75, 3.05) is 26.2 Å². The molecule has 0 radical (unpaired) electrons. The van der Waals surface area contributed by atoms with E-state index in [9.17, 15) is 4.79 Å². The van der Waals surface area contributed by atoms with Crippen LogP contribution in [0.3, 0.4) is 0 Å². The molecule has 0 aromatic carbocycles. The number of nitrogens with zero attached hydrogens (tertiary/aromatic N) is 1. The van der Waals surface area contributed by atoms with Crippen molar-refractivity contribution in [1.29, 1.82) is 0 Å². The normalized spacial score (nSPS) is 9.92. The van der Waals surface area contributed by atoms with Crippen LogP contribution in [0.4, 0.5) is 0 Å². The molecular weight excluding hydrogens is 156 g/mol. The SMILES string of the molecule is CCN(CCCO)C(=O)CCN. The Labute approximate surface area is 73.3 Å². The Morgan fingerprint density at radius 3 is 2.67 bits per heavy atom. The molecule has 1 amide bonds. The number of nitrogens with two attached hydrogens (primary N) is 1. The standard InChI is InChI=1S/C8H18N2O2/c1-2-10(6-3-7-11)8(12)4-5-9/h11H,2-7,9H2,1H3. The predicted octanol–water partition coefficient (Wildman–Crippen LogP) is -0.434. The lowest BCUT2D eigenvalue weighted by Gasteiger charge is -2.19. The fourth-order valence-corrected chi connectivity index (χ4v) is 1.00. The Morgan fingerprint density at radius 2 is 2.25 bits per heavy atom. The van der Waals surface area contributed by atoms with E-state index in [1.165, 1.54) is 0 Å². The van der Waals surface area contributed by atoms with Gasteiger partial charge in [0.15, 0.2) is 0 Å². The van der Waals surface area contributed by atoms with E-state index >= 15 is 0 Å². The fraction of sp³-hybridized carbons (Fsp3) is 0.875. The summed E-state index contributed by atoms with van der Waals surface area (Å²) in [5.41, 5.74) is 5.25. The van der Waals surface area contributed by atoms with E-state index in [4.69, 9.17) is 10.8 Å². The van der Waals surface area contributed by atoms with Crippen LogP contribution in [0.1, 0.15) is 19.8 Å². The van der Waals surface area contributed by atoms with Crippen LogP contribution >= 0.6 is 0 Å². The average Bonchev–Trinajstić information content (AvgIpc) is 2.06. The highest BCUT2D eigenvalue weighted by molar-refractivity contribution is 5.76. The second kappa shape index (κ2) is 7.06. The minimum atomic E-state index is 0.0773. The van der Waals surface area contributed by atoms with Crippen LogP contribution < -0.4 is 5.73 Å². The number of carbonyl (C=O) groups excluding carboxylic acids is 1. The van der Waals surface area contributed by atoms with Gasteiger partial charge in [0.05, 0.1) is 0 Å². The Kier molecular flexibility index (Phi) is 6.70. The zero-order chi connectivity index (χ0) is 9.40. The molecule has 0 aliphatic heterocycles. The number of rotatable bonds is 6. The summed E-state index contributed by atoms with van der Waals surface area (Å²) in [7, 11) is 0. The average molecular weight is 174 g/mol. The van der Waals surface area contributed by atoms with Gasteiger partial charge in [-0.1, -0.05) is 0 Å². The highest BCUT2D eigenvalue weighted by Crippen LogP contribution is 1.94. The summed E-state index contributed by atoms with van der Waals surface area (Å²) in [5, 5.41) is 8.56. The maximum Gasteiger partial charge on any atom is 0.223 e. The van der Waals surface area contributed by atoms with E-state index in [0.717, 1.165) is 0 Å². The third-order valence-corrected chi connectivity index (χ3v) is 1.68. The quantitative estimate of drug-likeness (QED) is 0.574. The smallest absolute Gasteiger partial charge is 0.223 e. The molecule has 4 heteroatoms. The predicted molar refractivity (Wildman–Crippen MR) is 47.6 cm³/mol. The Bertz CT molecular complexity index is 128. The molecule has 0 aliphatic rings. The van der Waals surface area contributed by atoms with Crippen molar-refractivity contribution in [3.63, 3.8) is 0 Å². The molecule has 0 aromatic rings. The number of amides is 1. The molecule has 0 bridgehead atoms. The Morgan fingerprint density at radius 1 is 1.58 bits per heavy atom. The second-order valence-corrected chi connectivity index (χ2v) is 2.59. The minimum absolute atomic E-state index is 0.0773. The molecule has 0 heterocycles. The maximum atomic E-state index is 11.2. The van der Waals surface area contributed by atoms with E-state index in [1.54, 1.807) is 4.90 Å². The zero-order valence-corrected chi connectivity index (χ0v) is 7.62. The van der Waals surface area contributed by atoms with Gasteiger partial charge >= 0.3 is 0 Å². The van der Waals surface area contributed by atoms with Crippen LogP contribution in [-0.4, -0.2) is 42.2 Å². The third kappa shape index (κ3) is 4.31. The van der Waals surface area contributed by atoms with Crippen molar-refractivity contribution in [2.24, 2.45) is 5.73 Å². The molecule has 0 unspecified atom stereocenters. The van der Waals surface area contributed by atoms with Crippen molar-refractivity contribution in [2.45, 2.75) is 19.8 Å². The topological polar surface area (TPSA) is 66.6 Å². The molecule has 4 nitrogen and oxygen atoms in total. The van der Waals surface area contributed by atoms with Gasteiger partial charge in [-0.3, -0.25) is 4.79 Å². The van der Waals surface area contributed by atoms with Crippen LogP contribution in [0.2, 0.25) is 0 Å². The van der Waals surface area contributed by atoms with Crippen molar-refractivity contribution < 1.29 is 9.90 Å². The van der Waals surface area contributed by atoms with E-state index < -0.39 is 0 Å². The second-order valence-electron chi connectivity index (χ2n) is 2.59. The monoisotopic (exact) mass is 174 g/mol. The molecule has 0 aromatic heterocycles. The summed E-state index contributed by atoms with van der Waals surface area (Å²) in [4.78, 5) is 13.0. The molecular formula is C8H18N2O2. The van der Waals surface area contributed by atoms with Gasteiger partial charge in [-0.2, -0.15) is 0 Å². The van der Waals surface area contributed by atoms with Crippen LogP contribution in [0.25, 0.3) is 0 Å². The van der Waals surface area contributed by atoms with Gasteiger partial charge in [-0.15, -0.1) is 0 Å². The summed E-state index contributed by atoms with van der Waals surface area (Å²) in [6.07, 6.45) is 1.05. The van der Waals surface area contributed by atoms with Crippen molar-refractivity contribution >= 4 is 5.91 Å². The van der Waals surface area contributed by atoms with Crippen molar-refractivity contribution in [1.82, 2.24) is 4.90 Å². The van der Waals surface area contributed by atoms with Crippen LogP contribution in [-0.2, 0) is 4.79 Å².